The first kappa shape index (κ1) is 13.5. The lowest BCUT2D eigenvalue weighted by molar-refractivity contribution is 0.386. The molecule has 1 aromatic rings. The summed E-state index contributed by atoms with van der Waals surface area (Å²) in [7, 11) is 1.45. The topological polar surface area (TPSA) is 45.0 Å². The van der Waals surface area contributed by atoms with E-state index in [1.165, 1.54) is 13.2 Å². The highest BCUT2D eigenvalue weighted by molar-refractivity contribution is 5.29. The summed E-state index contributed by atoms with van der Waals surface area (Å²) in [5.74, 6) is -0.0703. The summed E-state index contributed by atoms with van der Waals surface area (Å²) in [4.78, 5) is 0. The van der Waals surface area contributed by atoms with Crippen LogP contribution in [0.5, 0.6) is 5.75 Å². The highest BCUT2D eigenvalue weighted by Gasteiger charge is 2.02. The van der Waals surface area contributed by atoms with Gasteiger partial charge in [0.2, 0.25) is 0 Å². The Morgan fingerprint density at radius 2 is 2.24 bits per heavy atom. The molecule has 4 heteroatoms. The van der Waals surface area contributed by atoms with Crippen LogP contribution in [-0.4, -0.2) is 13.7 Å². The highest BCUT2D eigenvalue weighted by Crippen LogP contribution is 2.17. The molecule has 3 nitrogen and oxygen atoms in total. The number of nitriles is 1. The van der Waals surface area contributed by atoms with E-state index in [9.17, 15) is 4.39 Å². The molecule has 0 spiro atoms. The van der Waals surface area contributed by atoms with E-state index < -0.39 is 0 Å². The Hall–Kier alpha value is -1.60. The second kappa shape index (κ2) is 7.64. The highest BCUT2D eigenvalue weighted by atomic mass is 19.1. The average molecular weight is 236 g/mol. The van der Waals surface area contributed by atoms with E-state index in [1.807, 2.05) is 6.07 Å². The number of hydrogen-bond acceptors (Lipinski definition) is 3. The van der Waals surface area contributed by atoms with Crippen LogP contribution in [0, 0.1) is 17.1 Å². The molecule has 0 saturated carbocycles. The molecule has 0 bridgehead atoms. The van der Waals surface area contributed by atoms with Crippen molar-refractivity contribution in [2.24, 2.45) is 0 Å². The Labute approximate surface area is 101 Å². The fraction of sp³-hybridized carbons (Fsp3) is 0.462. The maximum absolute atomic E-state index is 13.3. The molecule has 1 rings (SSSR count). The molecule has 0 amide bonds. The van der Waals surface area contributed by atoms with Crippen LogP contribution < -0.4 is 10.1 Å². The molecule has 17 heavy (non-hydrogen) atoms. The zero-order valence-electron chi connectivity index (χ0n) is 10.0. The molecule has 1 aromatic carbocycles. The van der Waals surface area contributed by atoms with Gasteiger partial charge in [-0.2, -0.15) is 5.26 Å². The quantitative estimate of drug-likeness (QED) is 0.740. The van der Waals surface area contributed by atoms with Gasteiger partial charge in [0.15, 0.2) is 11.6 Å². The van der Waals surface area contributed by atoms with E-state index in [0.29, 0.717) is 13.0 Å². The summed E-state index contributed by atoms with van der Waals surface area (Å²) in [5.41, 5.74) is 0.892. The molecular weight excluding hydrogens is 219 g/mol. The van der Waals surface area contributed by atoms with Crippen molar-refractivity contribution in [1.29, 1.82) is 5.26 Å². The number of hydrogen-bond donors (Lipinski definition) is 1. The molecular formula is C13H17FN2O. The summed E-state index contributed by atoms with van der Waals surface area (Å²) in [6.45, 7) is 1.47. The molecule has 0 aliphatic carbocycles. The van der Waals surface area contributed by atoms with Gasteiger partial charge in [0.25, 0.3) is 0 Å². The Balaban J connectivity index is 2.28. The van der Waals surface area contributed by atoms with Crippen molar-refractivity contribution in [3.05, 3.63) is 29.6 Å². The zero-order valence-corrected chi connectivity index (χ0v) is 10.0. The summed E-state index contributed by atoms with van der Waals surface area (Å²) in [6.07, 6.45) is 2.46. The van der Waals surface area contributed by atoms with Crippen molar-refractivity contribution < 1.29 is 9.13 Å². The minimum absolute atomic E-state index is 0.266. The third kappa shape index (κ3) is 4.83. The molecule has 1 N–H and O–H groups in total. The molecule has 0 fully saturated rings. The second-order valence-corrected chi connectivity index (χ2v) is 3.76. The first-order valence-corrected chi connectivity index (χ1v) is 5.68. The van der Waals surface area contributed by atoms with Gasteiger partial charge in [0.1, 0.15) is 0 Å². The lowest BCUT2D eigenvalue weighted by Gasteiger charge is -2.06. The molecule has 0 atom stereocenters. The van der Waals surface area contributed by atoms with Crippen molar-refractivity contribution >= 4 is 0 Å². The van der Waals surface area contributed by atoms with Gasteiger partial charge in [0, 0.05) is 13.0 Å². The molecule has 0 heterocycles. The van der Waals surface area contributed by atoms with Crippen LogP contribution >= 0.6 is 0 Å². The summed E-state index contributed by atoms with van der Waals surface area (Å²) in [5, 5.41) is 11.6. The molecule has 0 aliphatic rings. The van der Waals surface area contributed by atoms with Crippen LogP contribution in [-0.2, 0) is 6.54 Å². The Kier molecular flexibility index (Phi) is 6.05. The van der Waals surface area contributed by atoms with Crippen LogP contribution in [0.2, 0.25) is 0 Å². The zero-order chi connectivity index (χ0) is 12.5. The Morgan fingerprint density at radius 1 is 1.41 bits per heavy atom. The number of halogens is 1. The van der Waals surface area contributed by atoms with Crippen LogP contribution in [0.15, 0.2) is 18.2 Å². The fourth-order valence-corrected chi connectivity index (χ4v) is 1.51. The van der Waals surface area contributed by atoms with Crippen LogP contribution in [0.4, 0.5) is 4.39 Å². The van der Waals surface area contributed by atoms with Crippen molar-refractivity contribution in [3.63, 3.8) is 0 Å². The van der Waals surface area contributed by atoms with Crippen molar-refractivity contribution in [3.8, 4) is 11.8 Å². The van der Waals surface area contributed by atoms with Crippen LogP contribution in [0.25, 0.3) is 0 Å². The third-order valence-corrected chi connectivity index (χ3v) is 2.44. The first-order valence-electron chi connectivity index (χ1n) is 5.68. The van der Waals surface area contributed by atoms with E-state index in [-0.39, 0.29) is 11.6 Å². The lowest BCUT2D eigenvalue weighted by atomic mass is 10.2. The normalized spacial score (nSPS) is 9.94. The first-order chi connectivity index (χ1) is 8.27. The Bertz CT molecular complexity index is 387. The third-order valence-electron chi connectivity index (χ3n) is 2.44. The minimum Gasteiger partial charge on any atom is -0.494 e. The lowest BCUT2D eigenvalue weighted by Crippen LogP contribution is -2.14. The van der Waals surface area contributed by atoms with Crippen LogP contribution in [0.1, 0.15) is 24.8 Å². The number of benzene rings is 1. The maximum atomic E-state index is 13.3. The SMILES string of the molecule is COc1ccc(CNCCCCC#N)cc1F. The molecule has 0 aliphatic heterocycles. The maximum Gasteiger partial charge on any atom is 0.165 e. The molecule has 0 unspecified atom stereocenters. The standard InChI is InChI=1S/C13H17FN2O/c1-17-13-6-5-11(9-12(13)14)10-16-8-4-2-3-7-15/h5-6,9,16H,2-4,8,10H2,1H3. The van der Waals surface area contributed by atoms with E-state index >= 15 is 0 Å². The van der Waals surface area contributed by atoms with E-state index in [1.54, 1.807) is 6.07 Å². The van der Waals surface area contributed by atoms with Crippen molar-refractivity contribution in [2.75, 3.05) is 13.7 Å². The fourth-order valence-electron chi connectivity index (χ4n) is 1.51. The van der Waals surface area contributed by atoms with Gasteiger partial charge in [-0.25, -0.2) is 4.39 Å². The predicted molar refractivity (Wildman–Crippen MR) is 64.1 cm³/mol. The molecule has 92 valence electrons. The number of nitrogens with one attached hydrogen (secondary N) is 1. The van der Waals surface area contributed by atoms with Crippen LogP contribution in [0.3, 0.4) is 0 Å². The monoisotopic (exact) mass is 236 g/mol. The van der Waals surface area contributed by atoms with Crippen molar-refractivity contribution in [1.82, 2.24) is 5.32 Å². The van der Waals surface area contributed by atoms with Gasteiger partial charge in [-0.1, -0.05) is 6.07 Å². The summed E-state index contributed by atoms with van der Waals surface area (Å²) < 4.78 is 18.2. The van der Waals surface area contributed by atoms with E-state index in [2.05, 4.69) is 11.4 Å². The molecule has 0 aromatic heterocycles. The summed E-state index contributed by atoms with van der Waals surface area (Å²) >= 11 is 0. The van der Waals surface area contributed by atoms with E-state index in [4.69, 9.17) is 10.00 Å². The van der Waals surface area contributed by atoms with Gasteiger partial charge in [-0.3, -0.25) is 0 Å². The van der Waals surface area contributed by atoms with Gasteiger partial charge in [-0.05, 0) is 37.1 Å². The van der Waals surface area contributed by atoms with Gasteiger partial charge >= 0.3 is 0 Å². The van der Waals surface area contributed by atoms with Crippen molar-refractivity contribution in [2.45, 2.75) is 25.8 Å². The Morgan fingerprint density at radius 3 is 2.88 bits per heavy atom. The number of methoxy groups -OCH3 is 1. The predicted octanol–water partition coefficient (Wildman–Crippen LogP) is 2.62. The smallest absolute Gasteiger partial charge is 0.165 e. The summed E-state index contributed by atoms with van der Waals surface area (Å²) in [6, 6.07) is 7.04. The minimum atomic E-state index is -0.337. The van der Waals surface area contributed by atoms with Gasteiger partial charge < -0.3 is 10.1 Å². The largest absolute Gasteiger partial charge is 0.494 e. The van der Waals surface area contributed by atoms with E-state index in [0.717, 1.165) is 24.9 Å². The number of ether oxygens (including phenoxy) is 1. The van der Waals surface area contributed by atoms with Gasteiger partial charge in [-0.15, -0.1) is 0 Å². The number of nitrogens with zero attached hydrogens (tertiary/aromatic N) is 1. The molecule has 0 radical (unpaired) electrons. The second-order valence-electron chi connectivity index (χ2n) is 3.76. The number of unbranched alkanes of at least 4 members (excludes halogenated alkanes) is 2. The average Bonchev–Trinajstić information content (AvgIpc) is 2.34. The number of rotatable bonds is 7. The van der Waals surface area contributed by atoms with Gasteiger partial charge in [0.05, 0.1) is 13.2 Å². The molecule has 0 saturated heterocycles.